The van der Waals surface area contributed by atoms with Gasteiger partial charge in [-0.15, -0.1) is 0 Å². The van der Waals surface area contributed by atoms with E-state index < -0.39 is 5.97 Å². The van der Waals surface area contributed by atoms with Gasteiger partial charge in [0.15, 0.2) is 29.6 Å². The largest absolute Gasteiger partial charge is 0.497 e. The second-order valence-corrected chi connectivity index (χ2v) is 7.06. The van der Waals surface area contributed by atoms with Gasteiger partial charge in [-0.25, -0.2) is 9.79 Å². The average Bonchev–Trinajstić information content (AvgIpc) is 3.23. The summed E-state index contributed by atoms with van der Waals surface area (Å²) < 4.78 is 21.6. The number of carbonyl (C=O) groups excluding carboxylic acids is 2. The summed E-state index contributed by atoms with van der Waals surface area (Å²) in [6, 6.07) is 21.1. The summed E-state index contributed by atoms with van der Waals surface area (Å²) in [5.41, 5.74) is 2.02. The molecule has 33 heavy (non-hydrogen) atoms. The Hall–Kier alpha value is -4.39. The van der Waals surface area contributed by atoms with Crippen LogP contribution < -0.4 is 14.2 Å². The smallest absolute Gasteiger partial charge is 0.363 e. The molecule has 0 amide bonds. The van der Waals surface area contributed by atoms with E-state index in [-0.39, 0.29) is 24.0 Å². The highest BCUT2D eigenvalue weighted by Gasteiger charge is 2.24. The summed E-state index contributed by atoms with van der Waals surface area (Å²) in [4.78, 5) is 28.9. The molecule has 0 N–H and O–H groups in total. The van der Waals surface area contributed by atoms with E-state index in [0.29, 0.717) is 33.9 Å². The minimum atomic E-state index is -0.555. The van der Waals surface area contributed by atoms with Crippen LogP contribution in [0.2, 0.25) is 0 Å². The Morgan fingerprint density at radius 3 is 2.52 bits per heavy atom. The number of rotatable bonds is 8. The molecule has 0 atom stereocenters. The number of hydrogen-bond donors (Lipinski definition) is 0. The number of Topliss-reactive ketones (excluding diaryl/α,β-unsaturated/α-hetero) is 1. The number of esters is 1. The number of nitrogens with zero attached hydrogens (tertiary/aromatic N) is 1. The third-order valence-electron chi connectivity index (χ3n) is 4.88. The highest BCUT2D eigenvalue weighted by molar-refractivity contribution is 6.13. The van der Waals surface area contributed by atoms with Gasteiger partial charge in [0.25, 0.3) is 0 Å². The number of aliphatic imine (C=N–C) groups is 1. The van der Waals surface area contributed by atoms with Crippen LogP contribution in [0.1, 0.15) is 21.5 Å². The number of carbonyl (C=O) groups is 2. The Kier molecular flexibility index (Phi) is 6.50. The molecule has 7 nitrogen and oxygen atoms in total. The summed E-state index contributed by atoms with van der Waals surface area (Å²) in [5.74, 6) is 0.982. The normalized spacial score (nSPS) is 13.9. The van der Waals surface area contributed by atoms with Crippen molar-refractivity contribution in [3.05, 3.63) is 95.2 Å². The van der Waals surface area contributed by atoms with Crippen molar-refractivity contribution in [2.45, 2.75) is 0 Å². The number of benzene rings is 3. The number of ether oxygens (including phenoxy) is 4. The van der Waals surface area contributed by atoms with Crippen LogP contribution in [0.4, 0.5) is 0 Å². The standard InChI is InChI=1S/C26H21NO6/c1-30-20-10-6-9-19(15-20)25-27-21(26(29)33-25)13-17-11-12-23(24(14-17)31-2)32-16-22(28)18-7-4-3-5-8-18/h3-15H,16H2,1-2H3. The highest BCUT2D eigenvalue weighted by atomic mass is 16.6. The minimum absolute atomic E-state index is 0.124. The average molecular weight is 443 g/mol. The zero-order chi connectivity index (χ0) is 23.2. The van der Waals surface area contributed by atoms with Crippen LogP contribution in [0.5, 0.6) is 17.2 Å². The summed E-state index contributed by atoms with van der Waals surface area (Å²) in [6.45, 7) is -0.124. The van der Waals surface area contributed by atoms with E-state index in [9.17, 15) is 9.59 Å². The van der Waals surface area contributed by atoms with Crippen molar-refractivity contribution in [1.82, 2.24) is 0 Å². The lowest BCUT2D eigenvalue weighted by Crippen LogP contribution is -2.11. The van der Waals surface area contributed by atoms with E-state index in [1.54, 1.807) is 79.9 Å². The fourth-order valence-corrected chi connectivity index (χ4v) is 3.19. The van der Waals surface area contributed by atoms with Crippen molar-refractivity contribution < 1.29 is 28.5 Å². The van der Waals surface area contributed by atoms with E-state index in [1.165, 1.54) is 7.11 Å². The molecule has 0 radical (unpaired) electrons. The zero-order valence-corrected chi connectivity index (χ0v) is 18.1. The van der Waals surface area contributed by atoms with Gasteiger partial charge in [-0.2, -0.15) is 0 Å². The van der Waals surface area contributed by atoms with Crippen molar-refractivity contribution in [2.75, 3.05) is 20.8 Å². The molecule has 1 aliphatic heterocycles. The van der Waals surface area contributed by atoms with Crippen molar-refractivity contribution in [3.8, 4) is 17.2 Å². The van der Waals surface area contributed by atoms with Gasteiger partial charge in [0.05, 0.1) is 14.2 Å². The Balaban J connectivity index is 1.51. The lowest BCUT2D eigenvalue weighted by atomic mass is 10.1. The lowest BCUT2D eigenvalue weighted by Gasteiger charge is -2.11. The number of methoxy groups -OCH3 is 2. The maximum atomic E-state index is 12.3. The third kappa shape index (κ3) is 5.10. The second-order valence-electron chi connectivity index (χ2n) is 7.06. The molecule has 1 heterocycles. The van der Waals surface area contributed by atoms with Gasteiger partial charge >= 0.3 is 5.97 Å². The first-order valence-electron chi connectivity index (χ1n) is 10.1. The molecule has 7 heteroatoms. The Morgan fingerprint density at radius 2 is 1.76 bits per heavy atom. The number of ketones is 1. The Labute approximate surface area is 190 Å². The van der Waals surface area contributed by atoms with E-state index in [0.717, 1.165) is 0 Å². The molecule has 3 aromatic carbocycles. The van der Waals surface area contributed by atoms with Crippen molar-refractivity contribution in [1.29, 1.82) is 0 Å². The van der Waals surface area contributed by atoms with E-state index >= 15 is 0 Å². The van der Waals surface area contributed by atoms with Gasteiger partial charge in [-0.3, -0.25) is 4.79 Å². The highest BCUT2D eigenvalue weighted by Crippen LogP contribution is 2.30. The van der Waals surface area contributed by atoms with Crippen LogP contribution in [0.3, 0.4) is 0 Å². The van der Waals surface area contributed by atoms with Gasteiger partial charge in [-0.05, 0) is 42.0 Å². The van der Waals surface area contributed by atoms with E-state index in [1.807, 2.05) is 6.07 Å². The van der Waals surface area contributed by atoms with Gasteiger partial charge in [0, 0.05) is 11.1 Å². The molecule has 166 valence electrons. The molecule has 0 unspecified atom stereocenters. The van der Waals surface area contributed by atoms with Crippen LogP contribution in [0.25, 0.3) is 6.08 Å². The molecule has 0 saturated heterocycles. The van der Waals surface area contributed by atoms with Gasteiger partial charge in [0.2, 0.25) is 5.90 Å². The molecule has 0 aliphatic carbocycles. The first-order valence-corrected chi connectivity index (χ1v) is 10.1. The van der Waals surface area contributed by atoms with Crippen molar-refractivity contribution in [3.63, 3.8) is 0 Å². The SMILES string of the molecule is COc1cccc(C2=NC(=Cc3ccc(OCC(=O)c4ccccc4)c(OC)c3)C(=O)O2)c1. The molecule has 0 saturated carbocycles. The zero-order valence-electron chi connectivity index (χ0n) is 18.1. The van der Waals surface area contributed by atoms with Crippen LogP contribution in [-0.2, 0) is 9.53 Å². The fourth-order valence-electron chi connectivity index (χ4n) is 3.19. The quantitative estimate of drug-likeness (QED) is 0.293. The van der Waals surface area contributed by atoms with Crippen LogP contribution in [-0.4, -0.2) is 38.5 Å². The van der Waals surface area contributed by atoms with Crippen LogP contribution >= 0.6 is 0 Å². The van der Waals surface area contributed by atoms with E-state index in [2.05, 4.69) is 4.99 Å². The summed E-state index contributed by atoms with van der Waals surface area (Å²) in [7, 11) is 3.06. The minimum Gasteiger partial charge on any atom is -0.497 e. The van der Waals surface area contributed by atoms with Crippen molar-refractivity contribution >= 4 is 23.7 Å². The van der Waals surface area contributed by atoms with Gasteiger partial charge in [-0.1, -0.05) is 42.5 Å². The molecule has 3 aromatic rings. The van der Waals surface area contributed by atoms with Gasteiger partial charge in [0.1, 0.15) is 5.75 Å². The Bertz CT molecular complexity index is 1250. The van der Waals surface area contributed by atoms with Crippen LogP contribution in [0.15, 0.2) is 83.5 Å². The Morgan fingerprint density at radius 1 is 0.939 bits per heavy atom. The molecular formula is C26H21NO6. The monoisotopic (exact) mass is 443 g/mol. The summed E-state index contributed by atoms with van der Waals surface area (Å²) >= 11 is 0. The lowest BCUT2D eigenvalue weighted by molar-refractivity contribution is -0.129. The molecule has 0 aromatic heterocycles. The maximum Gasteiger partial charge on any atom is 0.363 e. The fraction of sp³-hybridized carbons (Fsp3) is 0.115. The number of hydrogen-bond acceptors (Lipinski definition) is 7. The second kappa shape index (κ2) is 9.82. The molecule has 0 fully saturated rings. The molecule has 0 spiro atoms. The third-order valence-corrected chi connectivity index (χ3v) is 4.88. The molecule has 0 bridgehead atoms. The maximum absolute atomic E-state index is 12.3. The molecular weight excluding hydrogens is 422 g/mol. The first kappa shape index (κ1) is 21.8. The first-order chi connectivity index (χ1) is 16.1. The molecule has 4 rings (SSSR count). The number of cyclic esters (lactones) is 1. The molecule has 1 aliphatic rings. The summed E-state index contributed by atoms with van der Waals surface area (Å²) in [5, 5.41) is 0. The predicted octanol–water partition coefficient (Wildman–Crippen LogP) is 4.31. The van der Waals surface area contributed by atoms with Gasteiger partial charge < -0.3 is 18.9 Å². The topological polar surface area (TPSA) is 83.4 Å². The van der Waals surface area contributed by atoms with Crippen LogP contribution in [0, 0.1) is 0 Å². The van der Waals surface area contributed by atoms with E-state index in [4.69, 9.17) is 18.9 Å². The predicted molar refractivity (Wildman–Crippen MR) is 123 cm³/mol. The van der Waals surface area contributed by atoms with Crippen molar-refractivity contribution in [2.24, 2.45) is 4.99 Å². The summed E-state index contributed by atoms with van der Waals surface area (Å²) in [6.07, 6.45) is 1.59.